The number of amides is 3. The molecule has 1 aromatic heterocycles. The Labute approximate surface area is 217 Å². The van der Waals surface area contributed by atoms with Crippen LogP contribution in [0.5, 0.6) is 5.75 Å². The van der Waals surface area contributed by atoms with Crippen LogP contribution < -0.4 is 10.1 Å². The highest BCUT2D eigenvalue weighted by Crippen LogP contribution is 2.20. The van der Waals surface area contributed by atoms with Gasteiger partial charge in [0.25, 0.3) is 17.7 Å². The molecular formula is C25H24FN3O6S2. The van der Waals surface area contributed by atoms with E-state index in [1.165, 1.54) is 18.1 Å². The normalized spacial score (nSPS) is 14.6. The summed E-state index contributed by atoms with van der Waals surface area (Å²) in [4.78, 5) is 41.9. The zero-order valence-corrected chi connectivity index (χ0v) is 21.4. The Kier molecular flexibility index (Phi) is 7.89. The van der Waals surface area contributed by atoms with Crippen molar-refractivity contribution < 1.29 is 31.9 Å². The summed E-state index contributed by atoms with van der Waals surface area (Å²) in [5.41, 5.74) is 0.430. The van der Waals surface area contributed by atoms with Gasteiger partial charge in [-0.3, -0.25) is 14.4 Å². The first kappa shape index (κ1) is 26.3. The van der Waals surface area contributed by atoms with Crippen molar-refractivity contribution in [3.8, 4) is 5.75 Å². The fourth-order valence-electron chi connectivity index (χ4n) is 3.86. The molecule has 37 heavy (non-hydrogen) atoms. The number of carbonyl (C=O) groups is 3. The monoisotopic (exact) mass is 545 g/mol. The highest BCUT2D eigenvalue weighted by molar-refractivity contribution is 7.92. The van der Waals surface area contributed by atoms with Crippen LogP contribution in [0.15, 0.2) is 70.9 Å². The third-order valence-electron chi connectivity index (χ3n) is 5.88. The Morgan fingerprint density at radius 3 is 2.27 bits per heavy atom. The number of thiophene rings is 1. The van der Waals surface area contributed by atoms with Gasteiger partial charge >= 0.3 is 0 Å². The molecule has 0 bridgehead atoms. The van der Waals surface area contributed by atoms with Crippen molar-refractivity contribution in [1.82, 2.24) is 15.1 Å². The highest BCUT2D eigenvalue weighted by Gasteiger charge is 2.39. The molecule has 1 aliphatic rings. The molecule has 4 rings (SSSR count). The van der Waals surface area contributed by atoms with Crippen molar-refractivity contribution in [2.24, 2.45) is 0 Å². The van der Waals surface area contributed by atoms with E-state index in [-0.39, 0.29) is 41.9 Å². The summed E-state index contributed by atoms with van der Waals surface area (Å²) < 4.78 is 45.4. The van der Waals surface area contributed by atoms with Gasteiger partial charge in [0.15, 0.2) is 0 Å². The predicted octanol–water partition coefficient (Wildman–Crippen LogP) is 2.41. The maximum atomic E-state index is 13.5. The summed E-state index contributed by atoms with van der Waals surface area (Å²) in [6.45, 7) is 0.478. The number of ether oxygens (including phenoxy) is 1. The van der Waals surface area contributed by atoms with Crippen LogP contribution in [0, 0.1) is 5.82 Å². The molecule has 194 valence electrons. The lowest BCUT2D eigenvalue weighted by Gasteiger charge is -2.36. The van der Waals surface area contributed by atoms with Gasteiger partial charge < -0.3 is 19.9 Å². The Hall–Kier alpha value is -3.77. The Morgan fingerprint density at radius 2 is 1.65 bits per heavy atom. The van der Waals surface area contributed by atoms with Crippen molar-refractivity contribution in [3.05, 3.63) is 82.3 Å². The predicted molar refractivity (Wildman–Crippen MR) is 135 cm³/mol. The second-order valence-electron chi connectivity index (χ2n) is 8.18. The maximum absolute atomic E-state index is 13.5. The topological polar surface area (TPSA) is 113 Å². The number of nitrogens with zero attached hydrogens (tertiary/aromatic N) is 2. The summed E-state index contributed by atoms with van der Waals surface area (Å²) in [7, 11) is -2.91. The average Bonchev–Trinajstić information content (AvgIpc) is 3.46. The van der Waals surface area contributed by atoms with E-state index in [0.717, 1.165) is 35.6 Å². The van der Waals surface area contributed by atoms with E-state index in [0.29, 0.717) is 11.3 Å². The lowest BCUT2D eigenvalue weighted by atomic mass is 10.1. The fourth-order valence-corrected chi connectivity index (χ4v) is 5.96. The zero-order chi connectivity index (χ0) is 26.6. The first-order chi connectivity index (χ1) is 17.7. The van der Waals surface area contributed by atoms with Gasteiger partial charge in [0.1, 0.15) is 11.6 Å². The van der Waals surface area contributed by atoms with Crippen LogP contribution in [-0.2, 0) is 14.6 Å². The van der Waals surface area contributed by atoms with E-state index in [4.69, 9.17) is 4.74 Å². The fraction of sp³-hybridized carbons (Fsp3) is 0.240. The standard InChI is InChI=1S/C25H24FN3O6S2/c1-35-19-5-2-4-17(16-19)24(31)28-11-13-29(14-12-28)25(32)23(27-22(30)21-6-3-15-36-21)37(33,34)20-9-7-18(26)8-10-20/h2-10,15-16,23H,11-14H2,1H3,(H,27,30)/t23-/m1/s1. The number of sulfone groups is 1. The van der Waals surface area contributed by atoms with Crippen LogP contribution in [0.25, 0.3) is 0 Å². The molecule has 1 N–H and O–H groups in total. The SMILES string of the molecule is COc1cccc(C(=O)N2CCN(C(=O)[C@H](NC(=O)c3cccs3)S(=O)(=O)c3ccc(F)cc3)CC2)c1. The molecule has 0 unspecified atom stereocenters. The van der Waals surface area contributed by atoms with Gasteiger partial charge in [-0.05, 0) is 53.9 Å². The van der Waals surface area contributed by atoms with Crippen LogP contribution in [-0.4, -0.2) is 74.6 Å². The van der Waals surface area contributed by atoms with Crippen LogP contribution in [0.1, 0.15) is 20.0 Å². The zero-order valence-electron chi connectivity index (χ0n) is 19.8. The summed E-state index contributed by atoms with van der Waals surface area (Å²) in [6.07, 6.45) is 0. The Bertz CT molecular complexity index is 1390. The summed E-state index contributed by atoms with van der Waals surface area (Å²) in [5, 5.41) is 2.08. The van der Waals surface area contributed by atoms with Gasteiger partial charge in [0, 0.05) is 31.7 Å². The molecule has 12 heteroatoms. The van der Waals surface area contributed by atoms with E-state index in [2.05, 4.69) is 5.32 Å². The van der Waals surface area contributed by atoms with Gasteiger partial charge in [-0.25, -0.2) is 12.8 Å². The van der Waals surface area contributed by atoms with Crippen molar-refractivity contribution >= 4 is 38.9 Å². The van der Waals surface area contributed by atoms with Gasteiger partial charge in [-0.2, -0.15) is 0 Å². The van der Waals surface area contributed by atoms with E-state index in [1.807, 2.05) is 0 Å². The summed E-state index contributed by atoms with van der Waals surface area (Å²) >= 11 is 1.10. The minimum absolute atomic E-state index is 0.0683. The third-order valence-corrected chi connectivity index (χ3v) is 8.62. The van der Waals surface area contributed by atoms with Gasteiger partial charge in [0.05, 0.1) is 16.9 Å². The van der Waals surface area contributed by atoms with Gasteiger partial charge in [-0.15, -0.1) is 11.3 Å². The lowest BCUT2D eigenvalue weighted by molar-refractivity contribution is -0.132. The first-order valence-electron chi connectivity index (χ1n) is 11.3. The molecule has 0 saturated carbocycles. The molecule has 3 aromatic rings. The smallest absolute Gasteiger partial charge is 0.262 e. The van der Waals surface area contributed by atoms with E-state index >= 15 is 0 Å². The molecule has 1 aliphatic heterocycles. The van der Waals surface area contributed by atoms with Gasteiger partial charge in [-0.1, -0.05) is 12.1 Å². The molecule has 0 spiro atoms. The van der Waals surface area contributed by atoms with Crippen molar-refractivity contribution in [2.45, 2.75) is 10.3 Å². The molecule has 3 amide bonds. The number of piperazine rings is 1. The molecule has 1 atom stereocenters. The van der Waals surface area contributed by atoms with E-state index in [1.54, 1.807) is 40.6 Å². The maximum Gasteiger partial charge on any atom is 0.262 e. The molecule has 1 saturated heterocycles. The summed E-state index contributed by atoms with van der Waals surface area (Å²) in [5.74, 6) is -1.89. The van der Waals surface area contributed by atoms with Gasteiger partial charge in [0.2, 0.25) is 15.2 Å². The first-order valence-corrected chi connectivity index (χ1v) is 13.7. The van der Waals surface area contributed by atoms with Crippen molar-refractivity contribution in [3.63, 3.8) is 0 Å². The van der Waals surface area contributed by atoms with Crippen LogP contribution in [0.2, 0.25) is 0 Å². The number of hydrogen-bond donors (Lipinski definition) is 1. The second kappa shape index (κ2) is 11.1. The molecule has 2 aromatic carbocycles. The number of rotatable bonds is 7. The minimum atomic E-state index is -4.41. The largest absolute Gasteiger partial charge is 0.497 e. The van der Waals surface area contributed by atoms with Crippen LogP contribution in [0.3, 0.4) is 0 Å². The summed E-state index contributed by atoms with van der Waals surface area (Å²) in [6, 6.07) is 13.9. The molecule has 9 nitrogen and oxygen atoms in total. The number of methoxy groups -OCH3 is 1. The van der Waals surface area contributed by atoms with Crippen LogP contribution in [0.4, 0.5) is 4.39 Å². The molecule has 2 heterocycles. The van der Waals surface area contributed by atoms with E-state index < -0.39 is 32.8 Å². The van der Waals surface area contributed by atoms with Crippen molar-refractivity contribution in [2.75, 3.05) is 33.3 Å². The molecule has 1 fully saturated rings. The Balaban J connectivity index is 1.52. The van der Waals surface area contributed by atoms with E-state index in [9.17, 15) is 27.2 Å². The van der Waals surface area contributed by atoms with Crippen LogP contribution >= 0.6 is 11.3 Å². The third kappa shape index (κ3) is 5.81. The van der Waals surface area contributed by atoms with Crippen molar-refractivity contribution in [1.29, 1.82) is 0 Å². The molecule has 0 radical (unpaired) electrons. The number of hydrogen-bond acceptors (Lipinski definition) is 7. The number of halogens is 1. The number of benzene rings is 2. The average molecular weight is 546 g/mol. The lowest BCUT2D eigenvalue weighted by Crippen LogP contribution is -2.57. The molecule has 0 aliphatic carbocycles. The second-order valence-corrected chi connectivity index (χ2v) is 11.2. The highest BCUT2D eigenvalue weighted by atomic mass is 32.2. The number of nitrogens with one attached hydrogen (secondary N) is 1. The quantitative estimate of drug-likeness (QED) is 0.457. The molecular weight excluding hydrogens is 521 g/mol. The number of carbonyl (C=O) groups excluding carboxylic acids is 3. The minimum Gasteiger partial charge on any atom is -0.497 e. The Morgan fingerprint density at radius 1 is 0.973 bits per heavy atom.